The van der Waals surface area contributed by atoms with Crippen molar-refractivity contribution in [2.75, 3.05) is 31.6 Å². The quantitative estimate of drug-likeness (QED) is 0.672. The lowest BCUT2D eigenvalue weighted by molar-refractivity contribution is -0.140. The van der Waals surface area contributed by atoms with Gasteiger partial charge in [-0.05, 0) is 68.6 Å². The molecule has 10 heteroatoms. The Morgan fingerprint density at radius 2 is 1.91 bits per heavy atom. The second-order valence-corrected chi connectivity index (χ2v) is 9.45. The fraction of sp³-hybridized carbons (Fsp3) is 0.478. The summed E-state index contributed by atoms with van der Waals surface area (Å²) in [5.74, 6) is 0.00127. The first-order chi connectivity index (χ1) is 15.6. The van der Waals surface area contributed by atoms with Gasteiger partial charge in [-0.3, -0.25) is 14.7 Å². The number of halogens is 4. The smallest absolute Gasteiger partial charge is 0.418 e. The fourth-order valence-corrected chi connectivity index (χ4v) is 4.97. The highest BCUT2D eigenvalue weighted by Crippen LogP contribution is 2.49. The van der Waals surface area contributed by atoms with E-state index in [1.54, 1.807) is 6.07 Å². The number of amides is 1. The van der Waals surface area contributed by atoms with Crippen LogP contribution in [-0.2, 0) is 22.0 Å². The molecule has 3 aliphatic rings. The number of aromatic nitrogens is 1. The lowest BCUT2D eigenvalue weighted by Crippen LogP contribution is -2.47. The van der Waals surface area contributed by atoms with E-state index >= 15 is 0 Å². The minimum absolute atomic E-state index is 0.0150. The van der Waals surface area contributed by atoms with Crippen molar-refractivity contribution >= 4 is 23.2 Å². The third-order valence-corrected chi connectivity index (χ3v) is 7.13. The number of rotatable bonds is 5. The van der Waals surface area contributed by atoms with Crippen molar-refractivity contribution in [3.05, 3.63) is 52.3 Å². The summed E-state index contributed by atoms with van der Waals surface area (Å²) < 4.78 is 45.9. The van der Waals surface area contributed by atoms with Gasteiger partial charge >= 0.3 is 6.18 Å². The molecule has 1 amide bonds. The van der Waals surface area contributed by atoms with Crippen LogP contribution in [0.5, 0.6) is 5.75 Å². The summed E-state index contributed by atoms with van der Waals surface area (Å²) in [6, 6.07) is 6.33. The monoisotopic (exact) mass is 481 g/mol. The van der Waals surface area contributed by atoms with Gasteiger partial charge < -0.3 is 15.2 Å². The Bertz CT molecular complexity index is 1100. The van der Waals surface area contributed by atoms with Crippen LogP contribution in [0.3, 0.4) is 0 Å². The van der Waals surface area contributed by atoms with E-state index in [4.69, 9.17) is 16.3 Å². The van der Waals surface area contributed by atoms with Crippen LogP contribution in [0.15, 0.2) is 30.5 Å². The van der Waals surface area contributed by atoms with Gasteiger partial charge in [-0.25, -0.2) is 0 Å². The molecule has 1 saturated carbocycles. The van der Waals surface area contributed by atoms with Crippen LogP contribution < -0.4 is 10.1 Å². The maximum Gasteiger partial charge on any atom is 0.418 e. The molecular weight excluding hydrogens is 459 g/mol. The predicted molar refractivity (Wildman–Crippen MR) is 115 cm³/mol. The number of carbonyl (C=O) groups is 1. The van der Waals surface area contributed by atoms with Crippen LogP contribution in [-0.4, -0.2) is 47.1 Å². The molecule has 0 radical (unpaired) electrons. The molecular formula is C23H23ClF3N3O3. The highest BCUT2D eigenvalue weighted by atomic mass is 35.5. The van der Waals surface area contributed by atoms with E-state index in [2.05, 4.69) is 15.2 Å². The topological polar surface area (TPSA) is 74.7 Å². The SMILES string of the molecule is O=C1Nc2ccc(Cl)cc2C12CCN(CCOc1cnc(C3(O)CC3)c(C(F)(F)F)c1)CC2. The lowest BCUT2D eigenvalue weighted by Gasteiger charge is -2.38. The number of pyridine rings is 1. The van der Waals surface area contributed by atoms with Crippen molar-refractivity contribution in [3.63, 3.8) is 0 Å². The molecule has 2 fully saturated rings. The first kappa shape index (κ1) is 22.4. The number of nitrogens with one attached hydrogen (secondary N) is 1. The number of nitrogens with zero attached hydrogens (tertiary/aromatic N) is 2. The molecule has 1 aromatic carbocycles. The summed E-state index contributed by atoms with van der Waals surface area (Å²) in [5.41, 5.74) is -1.64. The number of benzene rings is 1. The molecule has 2 aliphatic heterocycles. The maximum atomic E-state index is 13.5. The van der Waals surface area contributed by atoms with Gasteiger partial charge in [0.15, 0.2) is 0 Å². The first-order valence-electron chi connectivity index (χ1n) is 10.9. The molecule has 0 unspecified atom stereocenters. The lowest BCUT2D eigenvalue weighted by atomic mass is 9.73. The Balaban J connectivity index is 1.20. The zero-order chi connectivity index (χ0) is 23.4. The molecule has 0 bridgehead atoms. The van der Waals surface area contributed by atoms with Crippen molar-refractivity contribution in [3.8, 4) is 5.75 Å². The average molecular weight is 482 g/mol. The first-order valence-corrected chi connectivity index (χ1v) is 11.3. The zero-order valence-corrected chi connectivity index (χ0v) is 18.5. The van der Waals surface area contributed by atoms with Gasteiger partial charge in [0, 0.05) is 17.3 Å². The van der Waals surface area contributed by atoms with E-state index in [9.17, 15) is 23.1 Å². The molecule has 1 saturated heterocycles. The number of fused-ring (bicyclic) bond motifs is 2. The standard InChI is InChI=1S/C23H23ClF3N3O3/c24-14-1-2-18-16(11-14)21(20(31)29-18)5-7-30(8-6-21)9-10-33-15-12-17(23(25,26)27)19(28-13-15)22(32)3-4-22/h1-2,11-13,32H,3-10H2,(H,29,31). The molecule has 0 atom stereocenters. The Labute approximate surface area is 193 Å². The van der Waals surface area contributed by atoms with Gasteiger partial charge in [-0.1, -0.05) is 11.6 Å². The maximum absolute atomic E-state index is 13.5. The predicted octanol–water partition coefficient (Wildman–Crippen LogP) is 4.10. The van der Waals surface area contributed by atoms with Gasteiger partial charge in [0.1, 0.15) is 18.0 Å². The van der Waals surface area contributed by atoms with E-state index in [1.807, 2.05) is 12.1 Å². The van der Waals surface area contributed by atoms with E-state index in [0.717, 1.165) is 17.3 Å². The number of carbonyl (C=O) groups excluding carboxylic acids is 1. The van der Waals surface area contributed by atoms with Crippen molar-refractivity contribution < 1.29 is 27.8 Å². The second-order valence-electron chi connectivity index (χ2n) is 9.01. The summed E-state index contributed by atoms with van der Waals surface area (Å²) in [5, 5.41) is 13.7. The summed E-state index contributed by atoms with van der Waals surface area (Å²) in [4.78, 5) is 18.7. The van der Waals surface area contributed by atoms with E-state index < -0.39 is 22.8 Å². The molecule has 1 aromatic heterocycles. The van der Waals surface area contributed by atoms with Crippen LogP contribution in [0.1, 0.15) is 42.5 Å². The second kappa shape index (κ2) is 7.85. The number of hydrogen-bond acceptors (Lipinski definition) is 5. The van der Waals surface area contributed by atoms with Crippen LogP contribution in [0.25, 0.3) is 0 Å². The molecule has 1 spiro atoms. The number of ether oxygens (including phenoxy) is 1. The number of hydrogen-bond donors (Lipinski definition) is 2. The number of likely N-dealkylation sites (tertiary alicyclic amines) is 1. The van der Waals surface area contributed by atoms with E-state index in [0.29, 0.717) is 37.5 Å². The van der Waals surface area contributed by atoms with Gasteiger partial charge in [-0.15, -0.1) is 0 Å². The number of aliphatic hydroxyl groups is 1. The van der Waals surface area contributed by atoms with Crippen molar-refractivity contribution in [2.24, 2.45) is 0 Å². The number of alkyl halides is 3. The molecule has 6 nitrogen and oxygen atoms in total. The van der Waals surface area contributed by atoms with Gasteiger partial charge in [-0.2, -0.15) is 13.2 Å². The zero-order valence-electron chi connectivity index (χ0n) is 17.7. The Morgan fingerprint density at radius 1 is 1.18 bits per heavy atom. The fourth-order valence-electron chi connectivity index (χ4n) is 4.80. The molecule has 1 aliphatic carbocycles. The molecule has 33 heavy (non-hydrogen) atoms. The largest absolute Gasteiger partial charge is 0.491 e. The summed E-state index contributed by atoms with van der Waals surface area (Å²) in [6.07, 6.45) is -1.60. The molecule has 176 valence electrons. The molecule has 2 N–H and O–H groups in total. The third-order valence-electron chi connectivity index (χ3n) is 6.90. The van der Waals surface area contributed by atoms with Gasteiger partial charge in [0.05, 0.1) is 22.9 Å². The Morgan fingerprint density at radius 3 is 2.58 bits per heavy atom. The minimum atomic E-state index is -4.62. The van der Waals surface area contributed by atoms with E-state index in [-0.39, 0.29) is 36.8 Å². The van der Waals surface area contributed by atoms with Crippen molar-refractivity contribution in [2.45, 2.75) is 42.9 Å². The Hall–Kier alpha value is -2.36. The van der Waals surface area contributed by atoms with E-state index in [1.165, 1.54) is 6.20 Å². The average Bonchev–Trinajstić information content (AvgIpc) is 3.47. The summed E-state index contributed by atoms with van der Waals surface area (Å²) >= 11 is 6.15. The summed E-state index contributed by atoms with van der Waals surface area (Å²) in [6.45, 7) is 2.00. The van der Waals surface area contributed by atoms with Crippen LogP contribution in [0.4, 0.5) is 18.9 Å². The van der Waals surface area contributed by atoms with Crippen LogP contribution in [0, 0.1) is 0 Å². The molecule has 5 rings (SSSR count). The van der Waals surface area contributed by atoms with Crippen molar-refractivity contribution in [1.82, 2.24) is 9.88 Å². The van der Waals surface area contributed by atoms with Crippen molar-refractivity contribution in [1.29, 1.82) is 0 Å². The molecule has 2 aromatic rings. The highest BCUT2D eigenvalue weighted by Gasteiger charge is 2.50. The van der Waals surface area contributed by atoms with Gasteiger partial charge in [0.2, 0.25) is 5.91 Å². The normalized spacial score (nSPS) is 21.1. The third kappa shape index (κ3) is 4.06. The number of piperidine rings is 1. The molecule has 3 heterocycles. The highest BCUT2D eigenvalue weighted by molar-refractivity contribution is 6.31. The summed E-state index contributed by atoms with van der Waals surface area (Å²) in [7, 11) is 0. The number of anilines is 1. The van der Waals surface area contributed by atoms with Crippen LogP contribution in [0.2, 0.25) is 5.02 Å². The Kier molecular flexibility index (Phi) is 5.34. The minimum Gasteiger partial charge on any atom is -0.491 e. The van der Waals surface area contributed by atoms with Crippen LogP contribution >= 0.6 is 11.6 Å². The van der Waals surface area contributed by atoms with Gasteiger partial charge in [0.25, 0.3) is 0 Å².